The van der Waals surface area contributed by atoms with Crippen molar-refractivity contribution in [2.24, 2.45) is 0 Å². The zero-order valence-electron chi connectivity index (χ0n) is 10.7. The molecule has 1 atom stereocenters. The van der Waals surface area contributed by atoms with Crippen molar-refractivity contribution in [3.05, 3.63) is 65.0 Å². The second-order valence-electron chi connectivity index (χ2n) is 5.03. The smallest absolute Gasteiger partial charge is 0.115 e. The minimum absolute atomic E-state index is 0.412. The van der Waals surface area contributed by atoms with E-state index in [0.717, 1.165) is 12.1 Å². The molecule has 0 N–H and O–H groups in total. The van der Waals surface area contributed by atoms with Crippen molar-refractivity contribution in [1.29, 1.82) is 0 Å². The van der Waals surface area contributed by atoms with Gasteiger partial charge in [-0.3, -0.25) is 4.98 Å². The number of hydrogen-bond acceptors (Lipinski definition) is 3. The molecule has 2 heterocycles. The van der Waals surface area contributed by atoms with E-state index in [0.29, 0.717) is 5.92 Å². The van der Waals surface area contributed by atoms with E-state index in [2.05, 4.69) is 40.1 Å². The lowest BCUT2D eigenvalue weighted by molar-refractivity contribution is 0.947. The molecule has 2 aliphatic carbocycles. The summed E-state index contributed by atoms with van der Waals surface area (Å²) in [6.45, 7) is 2.25. The molecule has 3 nitrogen and oxygen atoms in total. The van der Waals surface area contributed by atoms with Gasteiger partial charge >= 0.3 is 0 Å². The van der Waals surface area contributed by atoms with E-state index >= 15 is 0 Å². The van der Waals surface area contributed by atoms with E-state index in [1.807, 2.05) is 18.6 Å². The van der Waals surface area contributed by atoms with Crippen molar-refractivity contribution in [3.63, 3.8) is 0 Å². The van der Waals surface area contributed by atoms with Crippen LogP contribution in [0, 0.1) is 0 Å². The third-order valence-corrected chi connectivity index (χ3v) is 4.03. The number of nitrogens with zero attached hydrogens (tertiary/aromatic N) is 3. The van der Waals surface area contributed by atoms with E-state index in [-0.39, 0.29) is 0 Å². The van der Waals surface area contributed by atoms with Gasteiger partial charge < -0.3 is 0 Å². The standard InChI is InChI=1S/C16H13N3/c1-10-12-4-5-17-7-11(12)6-14(10)13-2-3-16-15(13)8-18-9-19-16/h2,4-10H,3H2,1H3. The molecule has 0 aromatic carbocycles. The molecule has 19 heavy (non-hydrogen) atoms. The van der Waals surface area contributed by atoms with Crippen molar-refractivity contribution >= 4 is 11.6 Å². The van der Waals surface area contributed by atoms with Gasteiger partial charge in [-0.25, -0.2) is 9.97 Å². The molecule has 4 rings (SSSR count). The van der Waals surface area contributed by atoms with Gasteiger partial charge in [-0.05, 0) is 34.4 Å². The second kappa shape index (κ2) is 3.85. The molecular weight excluding hydrogens is 234 g/mol. The molecule has 2 aromatic rings. The Hall–Kier alpha value is -2.29. The summed E-state index contributed by atoms with van der Waals surface area (Å²) in [7, 11) is 0. The predicted octanol–water partition coefficient (Wildman–Crippen LogP) is 3.01. The molecule has 1 unspecified atom stereocenters. The maximum atomic E-state index is 4.35. The topological polar surface area (TPSA) is 38.7 Å². The van der Waals surface area contributed by atoms with E-state index in [1.54, 1.807) is 6.33 Å². The summed E-state index contributed by atoms with van der Waals surface area (Å²) in [5, 5.41) is 0. The molecule has 0 fully saturated rings. The zero-order valence-corrected chi connectivity index (χ0v) is 10.7. The average Bonchev–Trinajstić information content (AvgIpc) is 3.01. The van der Waals surface area contributed by atoms with Crippen LogP contribution in [0.2, 0.25) is 0 Å². The minimum atomic E-state index is 0.412. The summed E-state index contributed by atoms with van der Waals surface area (Å²) < 4.78 is 0. The van der Waals surface area contributed by atoms with Crippen molar-refractivity contribution in [2.45, 2.75) is 19.3 Å². The van der Waals surface area contributed by atoms with Crippen LogP contribution in [-0.4, -0.2) is 15.0 Å². The number of fused-ring (bicyclic) bond motifs is 2. The van der Waals surface area contributed by atoms with E-state index in [4.69, 9.17) is 0 Å². The lowest BCUT2D eigenvalue weighted by atomic mass is 9.91. The predicted molar refractivity (Wildman–Crippen MR) is 74.3 cm³/mol. The average molecular weight is 247 g/mol. The van der Waals surface area contributed by atoms with Gasteiger partial charge in [-0.15, -0.1) is 0 Å². The largest absolute Gasteiger partial charge is 0.264 e. The summed E-state index contributed by atoms with van der Waals surface area (Å²) in [4.78, 5) is 12.7. The van der Waals surface area contributed by atoms with Crippen LogP contribution >= 0.6 is 0 Å². The molecule has 0 saturated heterocycles. The highest BCUT2D eigenvalue weighted by atomic mass is 14.8. The van der Waals surface area contributed by atoms with Gasteiger partial charge in [-0.1, -0.05) is 13.0 Å². The van der Waals surface area contributed by atoms with Gasteiger partial charge in [0.05, 0.1) is 5.69 Å². The molecule has 3 heteroatoms. The molecule has 0 bridgehead atoms. The van der Waals surface area contributed by atoms with Crippen LogP contribution < -0.4 is 0 Å². The monoisotopic (exact) mass is 247 g/mol. The number of aromatic nitrogens is 3. The summed E-state index contributed by atoms with van der Waals surface area (Å²) in [5.74, 6) is 0.412. The lowest BCUT2D eigenvalue weighted by Gasteiger charge is -2.13. The fourth-order valence-corrected chi connectivity index (χ4v) is 3.03. The molecule has 0 radical (unpaired) electrons. The first-order chi connectivity index (χ1) is 9.34. The van der Waals surface area contributed by atoms with Gasteiger partial charge in [0.2, 0.25) is 0 Å². The highest BCUT2D eigenvalue weighted by molar-refractivity contribution is 5.91. The first-order valence-corrected chi connectivity index (χ1v) is 6.50. The number of hydrogen-bond donors (Lipinski definition) is 0. The van der Waals surface area contributed by atoms with Crippen LogP contribution in [0.15, 0.2) is 42.6 Å². The van der Waals surface area contributed by atoms with Crippen molar-refractivity contribution in [3.8, 4) is 0 Å². The number of pyridine rings is 1. The number of allylic oxidation sites excluding steroid dienone is 3. The van der Waals surface area contributed by atoms with Gasteiger partial charge in [0.1, 0.15) is 6.33 Å². The van der Waals surface area contributed by atoms with Gasteiger partial charge in [0, 0.05) is 36.5 Å². The van der Waals surface area contributed by atoms with Crippen molar-refractivity contribution in [1.82, 2.24) is 15.0 Å². The fourth-order valence-electron chi connectivity index (χ4n) is 3.03. The van der Waals surface area contributed by atoms with Gasteiger partial charge in [0.25, 0.3) is 0 Å². The Morgan fingerprint density at radius 2 is 2.16 bits per heavy atom. The molecule has 0 spiro atoms. The Morgan fingerprint density at radius 1 is 1.21 bits per heavy atom. The SMILES string of the molecule is CC1C(C2=CCc3ncncc32)=Cc2cnccc21. The summed E-state index contributed by atoms with van der Waals surface area (Å²) in [6.07, 6.45) is 12.8. The maximum Gasteiger partial charge on any atom is 0.115 e. The van der Waals surface area contributed by atoms with Crippen LogP contribution in [0.1, 0.15) is 35.2 Å². The van der Waals surface area contributed by atoms with Crippen LogP contribution in [-0.2, 0) is 6.42 Å². The lowest BCUT2D eigenvalue weighted by Crippen LogP contribution is -1.97. The Labute approximate surface area is 111 Å². The third kappa shape index (κ3) is 1.48. The summed E-state index contributed by atoms with van der Waals surface area (Å²) >= 11 is 0. The molecule has 2 aliphatic rings. The minimum Gasteiger partial charge on any atom is -0.264 e. The van der Waals surface area contributed by atoms with Crippen LogP contribution in [0.3, 0.4) is 0 Å². The van der Waals surface area contributed by atoms with Crippen LogP contribution in [0.4, 0.5) is 0 Å². The molecule has 0 aliphatic heterocycles. The molecule has 0 amide bonds. The second-order valence-corrected chi connectivity index (χ2v) is 5.03. The first-order valence-electron chi connectivity index (χ1n) is 6.50. The normalized spacial score (nSPS) is 19.7. The summed E-state index contributed by atoms with van der Waals surface area (Å²) in [5.41, 5.74) is 7.55. The van der Waals surface area contributed by atoms with Crippen LogP contribution in [0.25, 0.3) is 11.6 Å². The van der Waals surface area contributed by atoms with Gasteiger partial charge in [0.15, 0.2) is 0 Å². The molecule has 92 valence electrons. The number of rotatable bonds is 1. The molecule has 2 aromatic heterocycles. The van der Waals surface area contributed by atoms with Crippen LogP contribution in [0.5, 0.6) is 0 Å². The quantitative estimate of drug-likeness (QED) is 0.777. The summed E-state index contributed by atoms with van der Waals surface area (Å²) in [6, 6.07) is 2.11. The Morgan fingerprint density at radius 3 is 3.05 bits per heavy atom. The van der Waals surface area contributed by atoms with Crippen molar-refractivity contribution < 1.29 is 0 Å². The van der Waals surface area contributed by atoms with E-state index in [9.17, 15) is 0 Å². The van der Waals surface area contributed by atoms with Gasteiger partial charge in [-0.2, -0.15) is 0 Å². The first kappa shape index (κ1) is 10.6. The van der Waals surface area contributed by atoms with E-state index in [1.165, 1.54) is 27.8 Å². The third-order valence-electron chi connectivity index (χ3n) is 4.03. The zero-order chi connectivity index (χ0) is 12.8. The fraction of sp³-hybridized carbons (Fsp3) is 0.188. The van der Waals surface area contributed by atoms with E-state index < -0.39 is 0 Å². The maximum absolute atomic E-state index is 4.35. The van der Waals surface area contributed by atoms with Crippen molar-refractivity contribution in [2.75, 3.05) is 0 Å². The Balaban J connectivity index is 1.81. The Bertz CT molecular complexity index is 728. The molecular formula is C16H13N3. The Kier molecular flexibility index (Phi) is 2.15. The highest BCUT2D eigenvalue weighted by Crippen LogP contribution is 2.44. The highest BCUT2D eigenvalue weighted by Gasteiger charge is 2.27. The molecule has 0 saturated carbocycles.